The Bertz CT molecular complexity index is 700. The molecule has 140 valence electrons. The molecule has 0 heterocycles. The number of methoxy groups -OCH3 is 2. The molecule has 2 aromatic carbocycles. The van der Waals surface area contributed by atoms with Gasteiger partial charge in [0.15, 0.2) is 0 Å². The minimum absolute atomic E-state index is 0.0470. The van der Waals surface area contributed by atoms with Gasteiger partial charge in [0.05, 0.1) is 20.3 Å². The largest absolute Gasteiger partial charge is 0.497 e. The number of hydrogen-bond acceptors (Lipinski definition) is 3. The molecule has 0 aromatic heterocycles. The van der Waals surface area contributed by atoms with Crippen LogP contribution in [-0.4, -0.2) is 20.1 Å². The van der Waals surface area contributed by atoms with Gasteiger partial charge in [-0.2, -0.15) is 0 Å². The van der Waals surface area contributed by atoms with Crippen LogP contribution < -0.4 is 14.8 Å². The first-order chi connectivity index (χ1) is 12.3. The Labute approximate surface area is 156 Å². The smallest absolute Gasteiger partial charge is 0.221 e. The van der Waals surface area contributed by atoms with Gasteiger partial charge in [-0.25, -0.2) is 0 Å². The maximum atomic E-state index is 12.5. The van der Waals surface area contributed by atoms with Crippen LogP contribution in [0, 0.1) is 5.41 Å². The van der Waals surface area contributed by atoms with Crippen molar-refractivity contribution in [1.29, 1.82) is 0 Å². The highest BCUT2D eigenvalue weighted by Crippen LogP contribution is 2.24. The summed E-state index contributed by atoms with van der Waals surface area (Å²) < 4.78 is 10.5. The zero-order chi connectivity index (χ0) is 19.2. The molecule has 4 heteroatoms. The monoisotopic (exact) mass is 355 g/mol. The molecule has 1 unspecified atom stereocenters. The molecule has 1 N–H and O–H groups in total. The van der Waals surface area contributed by atoms with E-state index in [2.05, 4.69) is 26.1 Å². The second-order valence-electron chi connectivity index (χ2n) is 7.68. The van der Waals surface area contributed by atoms with Gasteiger partial charge in [-0.15, -0.1) is 0 Å². The molecular formula is C22H29NO3. The average molecular weight is 355 g/mol. The molecule has 4 nitrogen and oxygen atoms in total. The summed E-state index contributed by atoms with van der Waals surface area (Å²) in [6.45, 7) is 6.20. The van der Waals surface area contributed by atoms with Crippen LogP contribution >= 0.6 is 0 Å². The van der Waals surface area contributed by atoms with Crippen LogP contribution in [0.5, 0.6) is 11.5 Å². The SMILES string of the molecule is COc1ccc(CC(NC(=O)CC(C)(C)C)c2ccc(OC)cc2)cc1. The lowest BCUT2D eigenvalue weighted by atomic mass is 9.91. The number of carbonyl (C=O) groups is 1. The lowest BCUT2D eigenvalue weighted by Gasteiger charge is -2.23. The van der Waals surface area contributed by atoms with Crippen LogP contribution in [-0.2, 0) is 11.2 Å². The van der Waals surface area contributed by atoms with Gasteiger partial charge >= 0.3 is 0 Å². The zero-order valence-electron chi connectivity index (χ0n) is 16.3. The van der Waals surface area contributed by atoms with Crippen molar-refractivity contribution in [3.8, 4) is 11.5 Å². The van der Waals surface area contributed by atoms with Crippen molar-refractivity contribution in [2.45, 2.75) is 39.7 Å². The van der Waals surface area contributed by atoms with Crippen molar-refractivity contribution in [3.05, 3.63) is 59.7 Å². The summed E-state index contributed by atoms with van der Waals surface area (Å²) in [6.07, 6.45) is 1.20. The van der Waals surface area contributed by atoms with E-state index in [1.807, 2.05) is 48.5 Å². The molecule has 0 fully saturated rings. The predicted molar refractivity (Wildman–Crippen MR) is 105 cm³/mol. The van der Waals surface area contributed by atoms with Gasteiger partial charge in [0.25, 0.3) is 0 Å². The number of carbonyl (C=O) groups excluding carboxylic acids is 1. The van der Waals surface area contributed by atoms with E-state index in [4.69, 9.17) is 9.47 Å². The third kappa shape index (κ3) is 6.10. The molecule has 0 saturated carbocycles. The van der Waals surface area contributed by atoms with Crippen LogP contribution in [0.1, 0.15) is 44.4 Å². The Morgan fingerprint density at radius 2 is 1.42 bits per heavy atom. The molecule has 0 saturated heterocycles. The molecule has 0 aliphatic carbocycles. The fraction of sp³-hybridized carbons (Fsp3) is 0.409. The Morgan fingerprint density at radius 1 is 0.923 bits per heavy atom. The van der Waals surface area contributed by atoms with Crippen molar-refractivity contribution in [1.82, 2.24) is 5.32 Å². The first kappa shape index (κ1) is 19.8. The van der Waals surface area contributed by atoms with Gasteiger partial charge in [0, 0.05) is 6.42 Å². The van der Waals surface area contributed by atoms with E-state index in [-0.39, 0.29) is 17.4 Å². The molecule has 0 aliphatic heterocycles. The number of ether oxygens (including phenoxy) is 2. The van der Waals surface area contributed by atoms with E-state index in [9.17, 15) is 4.79 Å². The van der Waals surface area contributed by atoms with Crippen LogP contribution in [0.4, 0.5) is 0 Å². The van der Waals surface area contributed by atoms with E-state index in [1.54, 1.807) is 14.2 Å². The Morgan fingerprint density at radius 3 is 1.88 bits per heavy atom. The number of amides is 1. The summed E-state index contributed by atoms with van der Waals surface area (Å²) in [5, 5.41) is 3.19. The van der Waals surface area contributed by atoms with Gasteiger partial charge in [0.2, 0.25) is 5.91 Å². The van der Waals surface area contributed by atoms with E-state index in [0.29, 0.717) is 12.8 Å². The van der Waals surface area contributed by atoms with Crippen molar-refractivity contribution in [2.24, 2.45) is 5.41 Å². The number of benzene rings is 2. The van der Waals surface area contributed by atoms with Crippen LogP contribution in [0.15, 0.2) is 48.5 Å². The fourth-order valence-corrected chi connectivity index (χ4v) is 2.81. The highest BCUT2D eigenvalue weighted by Gasteiger charge is 2.20. The Balaban J connectivity index is 2.20. The van der Waals surface area contributed by atoms with E-state index >= 15 is 0 Å². The lowest BCUT2D eigenvalue weighted by Crippen LogP contribution is -2.32. The topological polar surface area (TPSA) is 47.6 Å². The summed E-state index contributed by atoms with van der Waals surface area (Å²) in [7, 11) is 3.30. The predicted octanol–water partition coefficient (Wildman–Crippen LogP) is 4.54. The number of hydrogen-bond donors (Lipinski definition) is 1. The summed E-state index contributed by atoms with van der Waals surface area (Å²) in [5.41, 5.74) is 2.15. The minimum Gasteiger partial charge on any atom is -0.497 e. The number of rotatable bonds is 7. The van der Waals surface area contributed by atoms with Gasteiger partial charge in [0.1, 0.15) is 11.5 Å². The average Bonchev–Trinajstić information content (AvgIpc) is 2.60. The first-order valence-electron chi connectivity index (χ1n) is 8.87. The zero-order valence-corrected chi connectivity index (χ0v) is 16.3. The van der Waals surface area contributed by atoms with E-state index < -0.39 is 0 Å². The van der Waals surface area contributed by atoms with Gasteiger partial charge < -0.3 is 14.8 Å². The third-order valence-corrected chi connectivity index (χ3v) is 4.14. The molecular weight excluding hydrogens is 326 g/mol. The molecule has 0 radical (unpaired) electrons. The first-order valence-corrected chi connectivity index (χ1v) is 8.87. The highest BCUT2D eigenvalue weighted by molar-refractivity contribution is 5.77. The number of nitrogens with one attached hydrogen (secondary N) is 1. The van der Waals surface area contributed by atoms with Gasteiger partial charge in [-0.3, -0.25) is 4.79 Å². The summed E-state index contributed by atoms with van der Waals surface area (Å²) in [6, 6.07) is 15.7. The minimum atomic E-state index is -0.0934. The van der Waals surface area contributed by atoms with Crippen LogP contribution in [0.25, 0.3) is 0 Å². The van der Waals surface area contributed by atoms with E-state index in [1.165, 1.54) is 0 Å². The molecule has 0 bridgehead atoms. The van der Waals surface area contributed by atoms with Crippen molar-refractivity contribution in [2.75, 3.05) is 14.2 Å². The standard InChI is InChI=1S/C22H29NO3/c1-22(2,3)15-21(24)23-20(17-8-12-19(26-5)13-9-17)14-16-6-10-18(25-4)11-7-16/h6-13,20H,14-15H2,1-5H3,(H,23,24). The molecule has 2 rings (SSSR count). The summed E-state index contributed by atoms with van der Waals surface area (Å²) in [4.78, 5) is 12.5. The molecule has 1 atom stereocenters. The maximum absolute atomic E-state index is 12.5. The fourth-order valence-electron chi connectivity index (χ4n) is 2.81. The Hall–Kier alpha value is -2.49. The Kier molecular flexibility index (Phi) is 6.67. The van der Waals surface area contributed by atoms with Crippen molar-refractivity contribution < 1.29 is 14.3 Å². The second kappa shape index (κ2) is 8.75. The molecule has 0 aliphatic rings. The van der Waals surface area contributed by atoms with Crippen LogP contribution in [0.3, 0.4) is 0 Å². The second-order valence-corrected chi connectivity index (χ2v) is 7.68. The third-order valence-electron chi connectivity index (χ3n) is 4.14. The highest BCUT2D eigenvalue weighted by atomic mass is 16.5. The van der Waals surface area contributed by atoms with Crippen molar-refractivity contribution >= 4 is 5.91 Å². The molecule has 2 aromatic rings. The van der Waals surface area contributed by atoms with E-state index in [0.717, 1.165) is 22.6 Å². The molecule has 26 heavy (non-hydrogen) atoms. The summed E-state index contributed by atoms with van der Waals surface area (Å²) in [5.74, 6) is 1.69. The van der Waals surface area contributed by atoms with Gasteiger partial charge in [-0.1, -0.05) is 45.0 Å². The maximum Gasteiger partial charge on any atom is 0.221 e. The summed E-state index contributed by atoms with van der Waals surface area (Å²) >= 11 is 0. The lowest BCUT2D eigenvalue weighted by molar-refractivity contribution is -0.123. The van der Waals surface area contributed by atoms with Gasteiger partial charge in [-0.05, 0) is 47.2 Å². The van der Waals surface area contributed by atoms with Crippen molar-refractivity contribution in [3.63, 3.8) is 0 Å². The van der Waals surface area contributed by atoms with Crippen LogP contribution in [0.2, 0.25) is 0 Å². The molecule has 0 spiro atoms. The quantitative estimate of drug-likeness (QED) is 0.793. The normalized spacial score (nSPS) is 12.3. The molecule has 1 amide bonds.